The average Bonchev–Trinajstić information content (AvgIpc) is 2.41. The van der Waals surface area contributed by atoms with E-state index in [0.717, 1.165) is 0 Å². The van der Waals surface area contributed by atoms with Gasteiger partial charge in [-0.3, -0.25) is 4.79 Å². The third kappa shape index (κ3) is 4.33. The van der Waals surface area contributed by atoms with Gasteiger partial charge in [0.05, 0.1) is 31.0 Å². The van der Waals surface area contributed by atoms with Crippen LogP contribution in [0.2, 0.25) is 0 Å². The molecule has 21 heavy (non-hydrogen) atoms. The Bertz CT molecular complexity index is 390. The van der Waals surface area contributed by atoms with Crippen LogP contribution in [-0.4, -0.2) is 85.9 Å². The molecule has 0 aromatic carbocycles. The summed E-state index contributed by atoms with van der Waals surface area (Å²) < 4.78 is 4.96. The number of hydrogen-bond donors (Lipinski definition) is 7. The summed E-state index contributed by atoms with van der Waals surface area (Å²) in [5.74, 6) is -5.23. The van der Waals surface area contributed by atoms with Gasteiger partial charge in [0.1, 0.15) is 6.61 Å². The van der Waals surface area contributed by atoms with Crippen molar-refractivity contribution >= 4 is 11.9 Å². The van der Waals surface area contributed by atoms with Crippen molar-refractivity contribution in [1.29, 1.82) is 0 Å². The quantitative estimate of drug-likeness (QED) is 0.258. The van der Waals surface area contributed by atoms with Crippen molar-refractivity contribution in [3.05, 3.63) is 0 Å². The van der Waals surface area contributed by atoms with Crippen molar-refractivity contribution in [3.8, 4) is 0 Å². The first-order valence-electron chi connectivity index (χ1n) is 6.24. The summed E-state index contributed by atoms with van der Waals surface area (Å²) in [5.41, 5.74) is 0. The Morgan fingerprint density at radius 3 is 2.48 bits per heavy atom. The molecule has 10 nitrogen and oxygen atoms in total. The lowest BCUT2D eigenvalue weighted by molar-refractivity contribution is -0.280. The van der Waals surface area contributed by atoms with Gasteiger partial charge in [0, 0.05) is 12.8 Å². The predicted octanol–water partition coefficient (Wildman–Crippen LogP) is -3.87. The summed E-state index contributed by atoms with van der Waals surface area (Å²) in [4.78, 5) is 22.2. The van der Waals surface area contributed by atoms with Gasteiger partial charge < -0.3 is 40.7 Å². The summed E-state index contributed by atoms with van der Waals surface area (Å²) in [6, 6.07) is -1.15. The highest BCUT2D eigenvalue weighted by Gasteiger charge is 2.51. The fourth-order valence-corrected chi connectivity index (χ4v) is 2.13. The highest BCUT2D eigenvalue weighted by molar-refractivity contribution is 5.78. The van der Waals surface area contributed by atoms with Gasteiger partial charge in [-0.1, -0.05) is 0 Å². The molecule has 1 rings (SSSR count). The molecule has 1 aliphatic rings. The van der Waals surface area contributed by atoms with Crippen LogP contribution in [0.25, 0.3) is 0 Å². The number of carboxylic acids is 1. The minimum Gasteiger partial charge on any atom is -0.477 e. The van der Waals surface area contributed by atoms with Crippen LogP contribution in [0.4, 0.5) is 0 Å². The molecule has 1 aliphatic heterocycles. The Balaban J connectivity index is 2.94. The molecule has 1 heterocycles. The van der Waals surface area contributed by atoms with E-state index in [0.29, 0.717) is 0 Å². The van der Waals surface area contributed by atoms with Crippen molar-refractivity contribution in [2.75, 3.05) is 13.2 Å². The Hall–Kier alpha value is -1.30. The lowest BCUT2D eigenvalue weighted by Crippen LogP contribution is -2.64. The zero-order chi connectivity index (χ0) is 16.2. The van der Waals surface area contributed by atoms with Gasteiger partial charge in [0.2, 0.25) is 5.91 Å². The molecule has 1 fully saturated rings. The lowest BCUT2D eigenvalue weighted by Gasteiger charge is -2.42. The maximum absolute atomic E-state index is 11.2. The van der Waals surface area contributed by atoms with Crippen molar-refractivity contribution in [1.82, 2.24) is 5.32 Å². The highest BCUT2D eigenvalue weighted by atomic mass is 16.7. The van der Waals surface area contributed by atoms with Crippen LogP contribution in [-0.2, 0) is 14.3 Å². The smallest absolute Gasteiger partial charge is 0.364 e. The molecule has 0 bridgehead atoms. The standard InChI is InChI=1S/C11H19NO9/c13-3-5(15)1-7-9(12-8(17)4-14)6(16)2-11(20,21-7)10(18)19/h5-7,9,13-16,20H,1-4H2,(H,12,17)(H,18,19)/t5-,6+,7?,9?,11+/m0/s1. The first kappa shape index (κ1) is 17.8. The molecule has 0 aliphatic carbocycles. The minimum absolute atomic E-state index is 0.334. The molecule has 0 aromatic heterocycles. The molecular weight excluding hydrogens is 290 g/mol. The fraction of sp³-hybridized carbons (Fsp3) is 0.818. The zero-order valence-corrected chi connectivity index (χ0v) is 11.0. The van der Waals surface area contributed by atoms with E-state index in [-0.39, 0.29) is 6.42 Å². The van der Waals surface area contributed by atoms with E-state index in [4.69, 9.17) is 20.1 Å². The van der Waals surface area contributed by atoms with Crippen LogP contribution < -0.4 is 5.32 Å². The SMILES string of the molecule is O=C(CO)NC1C(C[C@H](O)CO)O[C@@](O)(C(=O)O)C[C@H]1O. The van der Waals surface area contributed by atoms with E-state index >= 15 is 0 Å². The highest BCUT2D eigenvalue weighted by Crippen LogP contribution is 2.30. The summed E-state index contributed by atoms with van der Waals surface area (Å²) in [5, 5.41) is 57.7. The number of rotatable bonds is 6. The molecule has 0 saturated carbocycles. The first-order chi connectivity index (χ1) is 9.73. The first-order valence-corrected chi connectivity index (χ1v) is 6.24. The topological polar surface area (TPSA) is 177 Å². The second-order valence-electron chi connectivity index (χ2n) is 4.84. The molecule has 122 valence electrons. The molecule has 5 atom stereocenters. The van der Waals surface area contributed by atoms with Gasteiger partial charge >= 0.3 is 5.97 Å². The third-order valence-electron chi connectivity index (χ3n) is 3.17. The summed E-state index contributed by atoms with van der Waals surface area (Å²) in [7, 11) is 0. The zero-order valence-electron chi connectivity index (χ0n) is 11.0. The Labute approximate surface area is 119 Å². The average molecular weight is 309 g/mol. The van der Waals surface area contributed by atoms with Crippen LogP contribution >= 0.6 is 0 Å². The molecule has 10 heteroatoms. The van der Waals surface area contributed by atoms with Crippen molar-refractivity contribution in [2.45, 2.75) is 43.0 Å². The fourth-order valence-electron chi connectivity index (χ4n) is 2.13. The number of amides is 1. The molecule has 1 saturated heterocycles. The molecular formula is C11H19NO9. The number of carbonyl (C=O) groups is 2. The van der Waals surface area contributed by atoms with Gasteiger partial charge in [-0.2, -0.15) is 0 Å². The molecule has 0 aromatic rings. The number of aliphatic carboxylic acids is 1. The predicted molar refractivity (Wildman–Crippen MR) is 64.8 cm³/mol. The lowest BCUT2D eigenvalue weighted by atomic mass is 9.90. The van der Waals surface area contributed by atoms with Crippen molar-refractivity contribution in [3.63, 3.8) is 0 Å². The third-order valence-corrected chi connectivity index (χ3v) is 3.17. The van der Waals surface area contributed by atoms with E-state index in [1.165, 1.54) is 0 Å². The van der Waals surface area contributed by atoms with Crippen LogP contribution in [0.3, 0.4) is 0 Å². The molecule has 2 unspecified atom stereocenters. The second-order valence-corrected chi connectivity index (χ2v) is 4.84. The molecule has 7 N–H and O–H groups in total. The van der Waals surface area contributed by atoms with Crippen LogP contribution in [0.5, 0.6) is 0 Å². The number of nitrogens with one attached hydrogen (secondary N) is 1. The Morgan fingerprint density at radius 1 is 1.38 bits per heavy atom. The van der Waals surface area contributed by atoms with Gasteiger partial charge in [0.25, 0.3) is 5.79 Å². The number of carbonyl (C=O) groups excluding carboxylic acids is 1. The largest absolute Gasteiger partial charge is 0.477 e. The van der Waals surface area contributed by atoms with E-state index < -0.39 is 61.7 Å². The van der Waals surface area contributed by atoms with Crippen LogP contribution in [0.1, 0.15) is 12.8 Å². The number of carboxylic acid groups (broad SMARTS) is 1. The van der Waals surface area contributed by atoms with Gasteiger partial charge in [0.15, 0.2) is 0 Å². The number of aliphatic hydroxyl groups is 5. The van der Waals surface area contributed by atoms with Crippen molar-refractivity contribution < 1.29 is 45.0 Å². The van der Waals surface area contributed by atoms with E-state index in [1.807, 2.05) is 0 Å². The van der Waals surface area contributed by atoms with E-state index in [9.17, 15) is 24.9 Å². The summed E-state index contributed by atoms with van der Waals surface area (Å²) in [6.45, 7) is -1.51. The van der Waals surface area contributed by atoms with Crippen molar-refractivity contribution in [2.24, 2.45) is 0 Å². The minimum atomic E-state index is -2.67. The molecule has 0 spiro atoms. The van der Waals surface area contributed by atoms with E-state index in [1.54, 1.807) is 0 Å². The summed E-state index contributed by atoms with van der Waals surface area (Å²) >= 11 is 0. The second kappa shape index (κ2) is 7.11. The van der Waals surface area contributed by atoms with Gasteiger partial charge in [-0.05, 0) is 0 Å². The maximum atomic E-state index is 11.2. The number of aliphatic hydroxyl groups excluding tert-OH is 4. The Morgan fingerprint density at radius 2 is 2.00 bits per heavy atom. The summed E-state index contributed by atoms with van der Waals surface area (Å²) in [6.07, 6.45) is -5.09. The van der Waals surface area contributed by atoms with Gasteiger partial charge in [-0.15, -0.1) is 0 Å². The normalized spacial score (nSPS) is 34.2. The maximum Gasteiger partial charge on any atom is 0.364 e. The number of hydrogen-bond acceptors (Lipinski definition) is 8. The monoisotopic (exact) mass is 309 g/mol. The molecule has 1 amide bonds. The number of ether oxygens (including phenoxy) is 1. The van der Waals surface area contributed by atoms with Crippen LogP contribution in [0, 0.1) is 0 Å². The van der Waals surface area contributed by atoms with E-state index in [2.05, 4.69) is 5.32 Å². The molecule has 0 radical (unpaired) electrons. The Kier molecular flexibility index (Phi) is 6.01. The van der Waals surface area contributed by atoms with Crippen LogP contribution in [0.15, 0.2) is 0 Å². The van der Waals surface area contributed by atoms with Gasteiger partial charge in [-0.25, -0.2) is 4.79 Å².